The summed E-state index contributed by atoms with van der Waals surface area (Å²) < 4.78 is 0. The highest BCUT2D eigenvalue weighted by Crippen LogP contribution is 2.30. The summed E-state index contributed by atoms with van der Waals surface area (Å²) in [5.74, 6) is -0.406. The number of nitrogens with zero attached hydrogens (tertiary/aromatic N) is 2. The van der Waals surface area contributed by atoms with Gasteiger partial charge in [-0.25, -0.2) is 0 Å². The quantitative estimate of drug-likeness (QED) is 0.887. The predicted octanol–water partition coefficient (Wildman–Crippen LogP) is 1.98. The lowest BCUT2D eigenvalue weighted by atomic mass is 9.95. The number of H-pyrrole nitrogens is 1. The van der Waals surface area contributed by atoms with Gasteiger partial charge in [0.1, 0.15) is 0 Å². The molecular formula is C17H22N4O2. The van der Waals surface area contributed by atoms with E-state index in [4.69, 9.17) is 5.73 Å². The van der Waals surface area contributed by atoms with Crippen LogP contribution in [0.15, 0.2) is 12.1 Å². The van der Waals surface area contributed by atoms with Crippen LogP contribution in [0.25, 0.3) is 10.9 Å². The van der Waals surface area contributed by atoms with E-state index >= 15 is 0 Å². The average molecular weight is 314 g/mol. The van der Waals surface area contributed by atoms with Crippen molar-refractivity contribution in [3.8, 4) is 0 Å². The summed E-state index contributed by atoms with van der Waals surface area (Å²) in [6, 6.07) is 3.91. The Bertz CT molecular complexity index is 786. The van der Waals surface area contributed by atoms with Gasteiger partial charge >= 0.3 is 0 Å². The number of primary amides is 1. The van der Waals surface area contributed by atoms with Crippen LogP contribution in [-0.2, 0) is 17.8 Å². The standard InChI is InChI=1S/C17H22N4O2/c1-17(2,3)9-21-8-11-10(5-7-13(21)22)4-6-12-14(11)15(16(18)23)20-19-12/h4,6H,5,7-9H2,1-3H3,(H2,18,23)(H,19,20). The third-order valence-corrected chi connectivity index (χ3v) is 4.14. The molecule has 0 bridgehead atoms. The van der Waals surface area contributed by atoms with Crippen LogP contribution < -0.4 is 5.73 Å². The largest absolute Gasteiger partial charge is 0.364 e. The Morgan fingerprint density at radius 2 is 2.09 bits per heavy atom. The zero-order valence-corrected chi connectivity index (χ0v) is 13.8. The topological polar surface area (TPSA) is 92.1 Å². The maximum atomic E-state index is 12.5. The fourth-order valence-electron chi connectivity index (χ4n) is 3.22. The zero-order valence-electron chi connectivity index (χ0n) is 13.8. The zero-order chi connectivity index (χ0) is 16.8. The van der Waals surface area contributed by atoms with Crippen LogP contribution in [0.2, 0.25) is 0 Å². The first kappa shape index (κ1) is 15.5. The van der Waals surface area contributed by atoms with Gasteiger partial charge in [-0.05, 0) is 29.0 Å². The Morgan fingerprint density at radius 1 is 1.35 bits per heavy atom. The first-order valence-electron chi connectivity index (χ1n) is 7.83. The summed E-state index contributed by atoms with van der Waals surface area (Å²) in [5, 5.41) is 7.66. The molecule has 0 saturated carbocycles. The van der Waals surface area contributed by atoms with E-state index in [1.807, 2.05) is 17.0 Å². The van der Waals surface area contributed by atoms with Gasteiger partial charge in [-0.1, -0.05) is 26.8 Å². The minimum atomic E-state index is -0.553. The van der Waals surface area contributed by atoms with Gasteiger partial charge in [0.05, 0.1) is 5.52 Å². The number of nitrogens with two attached hydrogens (primary N) is 1. The highest BCUT2D eigenvalue weighted by Gasteiger charge is 2.27. The third-order valence-electron chi connectivity index (χ3n) is 4.14. The minimum absolute atomic E-state index is 0.0109. The van der Waals surface area contributed by atoms with E-state index in [2.05, 4.69) is 31.0 Å². The molecule has 0 radical (unpaired) electrons. The Morgan fingerprint density at radius 3 is 2.74 bits per heavy atom. The Hall–Kier alpha value is -2.37. The van der Waals surface area contributed by atoms with Crippen molar-refractivity contribution >= 4 is 22.7 Å². The molecule has 2 aromatic rings. The molecular weight excluding hydrogens is 292 g/mol. The van der Waals surface area contributed by atoms with Crippen LogP contribution in [0.1, 0.15) is 48.8 Å². The average Bonchev–Trinajstić information content (AvgIpc) is 2.81. The smallest absolute Gasteiger partial charge is 0.269 e. The Labute approximate surface area is 135 Å². The molecule has 0 unspecified atom stereocenters. The number of aromatic nitrogens is 2. The lowest BCUT2D eigenvalue weighted by Gasteiger charge is -2.29. The van der Waals surface area contributed by atoms with Gasteiger partial charge in [-0.2, -0.15) is 5.10 Å². The van der Waals surface area contributed by atoms with Gasteiger partial charge in [0.2, 0.25) is 5.91 Å². The van der Waals surface area contributed by atoms with Crippen molar-refractivity contribution < 1.29 is 9.59 Å². The molecule has 0 spiro atoms. The summed E-state index contributed by atoms with van der Waals surface area (Å²) in [5.41, 5.74) is 8.58. The van der Waals surface area contributed by atoms with Crippen molar-refractivity contribution in [2.75, 3.05) is 6.54 Å². The number of aryl methyl sites for hydroxylation is 1. The lowest BCUT2D eigenvalue weighted by Crippen LogP contribution is -2.36. The number of hydrogen-bond acceptors (Lipinski definition) is 3. The number of hydrogen-bond donors (Lipinski definition) is 2. The third kappa shape index (κ3) is 2.93. The van der Waals surface area contributed by atoms with E-state index in [0.29, 0.717) is 25.9 Å². The van der Waals surface area contributed by atoms with E-state index in [9.17, 15) is 9.59 Å². The molecule has 1 aliphatic rings. The lowest BCUT2D eigenvalue weighted by molar-refractivity contribution is -0.132. The number of benzene rings is 1. The molecule has 2 heterocycles. The van der Waals surface area contributed by atoms with Gasteiger partial charge in [-0.3, -0.25) is 14.7 Å². The highest BCUT2D eigenvalue weighted by molar-refractivity contribution is 6.05. The molecule has 6 nitrogen and oxygen atoms in total. The molecule has 1 aromatic carbocycles. The molecule has 0 saturated heterocycles. The normalized spacial score (nSPS) is 15.6. The van der Waals surface area contributed by atoms with Gasteiger partial charge in [0, 0.05) is 24.9 Å². The van der Waals surface area contributed by atoms with Gasteiger partial charge in [-0.15, -0.1) is 0 Å². The fourth-order valence-corrected chi connectivity index (χ4v) is 3.22. The van der Waals surface area contributed by atoms with Crippen LogP contribution in [0.4, 0.5) is 0 Å². The van der Waals surface area contributed by atoms with E-state index in [-0.39, 0.29) is 17.0 Å². The first-order chi connectivity index (χ1) is 10.8. The Balaban J connectivity index is 2.12. The van der Waals surface area contributed by atoms with Crippen molar-refractivity contribution in [2.24, 2.45) is 11.1 Å². The number of carbonyl (C=O) groups is 2. The number of rotatable bonds is 2. The number of aromatic amines is 1. The van der Waals surface area contributed by atoms with Crippen molar-refractivity contribution in [2.45, 2.75) is 40.2 Å². The van der Waals surface area contributed by atoms with Gasteiger partial charge in [0.25, 0.3) is 5.91 Å². The van der Waals surface area contributed by atoms with Crippen LogP contribution >= 0.6 is 0 Å². The highest BCUT2D eigenvalue weighted by atomic mass is 16.2. The second-order valence-electron chi connectivity index (χ2n) is 7.37. The second kappa shape index (κ2) is 5.37. The Kier molecular flexibility index (Phi) is 3.62. The summed E-state index contributed by atoms with van der Waals surface area (Å²) in [4.78, 5) is 26.0. The second-order valence-corrected chi connectivity index (χ2v) is 7.37. The van der Waals surface area contributed by atoms with E-state index in [0.717, 1.165) is 22.0 Å². The maximum Gasteiger partial charge on any atom is 0.269 e. The molecule has 2 amide bonds. The summed E-state index contributed by atoms with van der Waals surface area (Å²) >= 11 is 0. The van der Waals surface area contributed by atoms with Crippen molar-refractivity contribution in [1.82, 2.24) is 15.1 Å². The van der Waals surface area contributed by atoms with Crippen molar-refractivity contribution in [3.05, 3.63) is 29.0 Å². The molecule has 3 N–H and O–H groups in total. The molecule has 0 fully saturated rings. The summed E-state index contributed by atoms with van der Waals surface area (Å²) in [6.45, 7) is 7.49. The molecule has 1 aliphatic heterocycles. The van der Waals surface area contributed by atoms with Crippen molar-refractivity contribution in [1.29, 1.82) is 0 Å². The molecule has 1 aromatic heterocycles. The molecule has 23 heavy (non-hydrogen) atoms. The van der Waals surface area contributed by atoms with Crippen LogP contribution in [-0.4, -0.2) is 33.5 Å². The molecule has 6 heteroatoms. The number of nitrogens with one attached hydrogen (secondary N) is 1. The molecule has 122 valence electrons. The molecule has 0 atom stereocenters. The van der Waals surface area contributed by atoms with E-state index in [1.54, 1.807) is 0 Å². The maximum absolute atomic E-state index is 12.5. The van der Waals surface area contributed by atoms with Crippen molar-refractivity contribution in [3.63, 3.8) is 0 Å². The molecule has 0 aliphatic carbocycles. The van der Waals surface area contributed by atoms with Crippen LogP contribution in [0, 0.1) is 5.41 Å². The summed E-state index contributed by atoms with van der Waals surface area (Å²) in [6.07, 6.45) is 1.16. The first-order valence-corrected chi connectivity index (χ1v) is 7.83. The van der Waals surface area contributed by atoms with Crippen LogP contribution in [0.3, 0.4) is 0 Å². The number of carbonyl (C=O) groups excluding carboxylic acids is 2. The van der Waals surface area contributed by atoms with Crippen LogP contribution in [0.5, 0.6) is 0 Å². The van der Waals surface area contributed by atoms with E-state index in [1.165, 1.54) is 0 Å². The number of amides is 2. The fraction of sp³-hybridized carbons (Fsp3) is 0.471. The van der Waals surface area contributed by atoms with Gasteiger partial charge < -0.3 is 10.6 Å². The summed E-state index contributed by atoms with van der Waals surface area (Å²) in [7, 11) is 0. The predicted molar refractivity (Wildman–Crippen MR) is 87.8 cm³/mol. The SMILES string of the molecule is CC(C)(C)CN1Cc2c(ccc3[nH]nc(C(N)=O)c23)CCC1=O. The molecule has 3 rings (SSSR count). The van der Waals surface area contributed by atoms with E-state index < -0.39 is 5.91 Å². The monoisotopic (exact) mass is 314 g/mol. The number of fused-ring (bicyclic) bond motifs is 3. The minimum Gasteiger partial charge on any atom is -0.364 e. The van der Waals surface area contributed by atoms with Gasteiger partial charge in [0.15, 0.2) is 5.69 Å².